The van der Waals surface area contributed by atoms with E-state index in [1.165, 1.54) is 30.4 Å². The fourth-order valence-electron chi connectivity index (χ4n) is 2.49. The van der Waals surface area contributed by atoms with Gasteiger partial charge in [0.1, 0.15) is 0 Å². The molecule has 1 heteroatoms. The Hall–Kier alpha value is -0.820. The van der Waals surface area contributed by atoms with E-state index in [1.807, 2.05) is 0 Å². The standard InChI is InChI=1S/C13H18O/c14-10-4-8-12-7-3-6-11-5-1-2-9-13(11)12/h1-2,5,9,12,14H,3-4,6-8,10H2/t12-/m0/s1. The van der Waals surface area contributed by atoms with Crippen LogP contribution in [0.15, 0.2) is 24.3 Å². The molecule has 1 nitrogen and oxygen atoms in total. The third kappa shape index (κ3) is 1.98. The second kappa shape index (κ2) is 4.61. The molecule has 0 heterocycles. The Balaban J connectivity index is 2.14. The molecule has 0 radical (unpaired) electrons. The molecule has 0 spiro atoms. The molecule has 1 aliphatic carbocycles. The monoisotopic (exact) mass is 190 g/mol. The van der Waals surface area contributed by atoms with Crippen LogP contribution in [0.25, 0.3) is 0 Å². The number of rotatable bonds is 3. The quantitative estimate of drug-likeness (QED) is 0.777. The van der Waals surface area contributed by atoms with E-state index in [0.717, 1.165) is 12.8 Å². The van der Waals surface area contributed by atoms with Crippen molar-refractivity contribution in [1.82, 2.24) is 0 Å². The maximum absolute atomic E-state index is 8.84. The summed E-state index contributed by atoms with van der Waals surface area (Å²) in [5.74, 6) is 0.701. The van der Waals surface area contributed by atoms with Crippen molar-refractivity contribution in [1.29, 1.82) is 0 Å². The van der Waals surface area contributed by atoms with Crippen LogP contribution in [0.3, 0.4) is 0 Å². The molecule has 0 aromatic heterocycles. The van der Waals surface area contributed by atoms with Gasteiger partial charge in [-0.3, -0.25) is 0 Å². The molecule has 1 aromatic rings. The average molecular weight is 190 g/mol. The molecule has 1 atom stereocenters. The zero-order valence-electron chi connectivity index (χ0n) is 8.58. The lowest BCUT2D eigenvalue weighted by molar-refractivity contribution is 0.277. The average Bonchev–Trinajstić information content (AvgIpc) is 2.26. The Morgan fingerprint density at radius 3 is 3.00 bits per heavy atom. The molecule has 0 fully saturated rings. The molecule has 1 N–H and O–H groups in total. The van der Waals surface area contributed by atoms with Gasteiger partial charge in [-0.05, 0) is 49.1 Å². The number of aliphatic hydroxyl groups is 1. The molecular weight excluding hydrogens is 172 g/mol. The van der Waals surface area contributed by atoms with Gasteiger partial charge in [0.2, 0.25) is 0 Å². The lowest BCUT2D eigenvalue weighted by Crippen LogP contribution is -2.10. The molecule has 1 aliphatic rings. The van der Waals surface area contributed by atoms with Crippen molar-refractivity contribution in [2.45, 2.75) is 38.0 Å². The number of benzene rings is 1. The highest BCUT2D eigenvalue weighted by Gasteiger charge is 2.18. The first kappa shape index (κ1) is 9.72. The molecule has 0 amide bonds. The third-order valence-electron chi connectivity index (χ3n) is 3.20. The van der Waals surface area contributed by atoms with Gasteiger partial charge < -0.3 is 5.11 Å². The Morgan fingerprint density at radius 2 is 2.14 bits per heavy atom. The summed E-state index contributed by atoms with van der Waals surface area (Å²) >= 11 is 0. The summed E-state index contributed by atoms with van der Waals surface area (Å²) in [5.41, 5.74) is 3.06. The Bertz CT molecular complexity index is 293. The highest BCUT2D eigenvalue weighted by Crippen LogP contribution is 2.34. The van der Waals surface area contributed by atoms with Crippen molar-refractivity contribution in [2.75, 3.05) is 6.61 Å². The van der Waals surface area contributed by atoms with Gasteiger partial charge in [0.05, 0.1) is 0 Å². The summed E-state index contributed by atoms with van der Waals surface area (Å²) in [7, 11) is 0. The number of aryl methyl sites for hydroxylation is 1. The van der Waals surface area contributed by atoms with E-state index in [0.29, 0.717) is 12.5 Å². The number of fused-ring (bicyclic) bond motifs is 1. The zero-order valence-corrected chi connectivity index (χ0v) is 8.58. The second-order valence-electron chi connectivity index (χ2n) is 4.15. The summed E-state index contributed by atoms with van der Waals surface area (Å²) in [5, 5.41) is 8.84. The molecular formula is C13H18O. The fraction of sp³-hybridized carbons (Fsp3) is 0.538. The van der Waals surface area contributed by atoms with Crippen LogP contribution < -0.4 is 0 Å². The van der Waals surface area contributed by atoms with Gasteiger partial charge in [0.15, 0.2) is 0 Å². The van der Waals surface area contributed by atoms with E-state index >= 15 is 0 Å². The van der Waals surface area contributed by atoms with Crippen molar-refractivity contribution >= 4 is 0 Å². The van der Waals surface area contributed by atoms with Gasteiger partial charge >= 0.3 is 0 Å². The smallest absolute Gasteiger partial charge is 0.0431 e. The highest BCUT2D eigenvalue weighted by atomic mass is 16.2. The minimum Gasteiger partial charge on any atom is -0.396 e. The van der Waals surface area contributed by atoms with Gasteiger partial charge in [-0.15, -0.1) is 0 Å². The predicted molar refractivity (Wildman–Crippen MR) is 58.4 cm³/mol. The van der Waals surface area contributed by atoms with E-state index in [4.69, 9.17) is 5.11 Å². The van der Waals surface area contributed by atoms with Crippen LogP contribution in [0.5, 0.6) is 0 Å². The third-order valence-corrected chi connectivity index (χ3v) is 3.20. The van der Waals surface area contributed by atoms with Crippen LogP contribution in [0.4, 0.5) is 0 Å². The van der Waals surface area contributed by atoms with Gasteiger partial charge in [0, 0.05) is 6.61 Å². The van der Waals surface area contributed by atoms with Crippen LogP contribution in [-0.4, -0.2) is 11.7 Å². The minimum atomic E-state index is 0.332. The highest BCUT2D eigenvalue weighted by molar-refractivity contribution is 5.32. The normalized spacial score (nSPS) is 20.5. The summed E-state index contributed by atoms with van der Waals surface area (Å²) in [6.45, 7) is 0.332. The van der Waals surface area contributed by atoms with E-state index in [-0.39, 0.29) is 0 Å². The molecule has 2 rings (SSSR count). The maximum atomic E-state index is 8.84. The SMILES string of the molecule is OCCC[C@@H]1CCCc2ccccc21. The zero-order chi connectivity index (χ0) is 9.80. The van der Waals surface area contributed by atoms with Crippen molar-refractivity contribution in [3.8, 4) is 0 Å². The van der Waals surface area contributed by atoms with Crippen molar-refractivity contribution < 1.29 is 5.11 Å². The van der Waals surface area contributed by atoms with Crippen LogP contribution >= 0.6 is 0 Å². The molecule has 76 valence electrons. The Labute approximate surface area is 85.8 Å². The van der Waals surface area contributed by atoms with Crippen LogP contribution in [-0.2, 0) is 6.42 Å². The van der Waals surface area contributed by atoms with Crippen molar-refractivity contribution in [2.24, 2.45) is 0 Å². The molecule has 14 heavy (non-hydrogen) atoms. The van der Waals surface area contributed by atoms with Crippen LogP contribution in [0, 0.1) is 0 Å². The lowest BCUT2D eigenvalue weighted by atomic mass is 9.80. The van der Waals surface area contributed by atoms with Crippen LogP contribution in [0.1, 0.15) is 42.7 Å². The van der Waals surface area contributed by atoms with Crippen molar-refractivity contribution in [3.63, 3.8) is 0 Å². The molecule has 0 unspecified atom stereocenters. The van der Waals surface area contributed by atoms with Gasteiger partial charge in [0.25, 0.3) is 0 Å². The molecule has 0 aliphatic heterocycles. The predicted octanol–water partition coefficient (Wildman–Crippen LogP) is 2.88. The number of hydrogen-bond donors (Lipinski definition) is 1. The van der Waals surface area contributed by atoms with Gasteiger partial charge in [-0.2, -0.15) is 0 Å². The number of hydrogen-bond acceptors (Lipinski definition) is 1. The molecule has 0 saturated heterocycles. The van der Waals surface area contributed by atoms with E-state index in [2.05, 4.69) is 24.3 Å². The summed E-state index contributed by atoms with van der Waals surface area (Å²) in [6, 6.07) is 8.78. The van der Waals surface area contributed by atoms with Gasteiger partial charge in [-0.25, -0.2) is 0 Å². The molecule has 0 bridgehead atoms. The molecule has 0 saturated carbocycles. The summed E-state index contributed by atoms with van der Waals surface area (Å²) < 4.78 is 0. The summed E-state index contributed by atoms with van der Waals surface area (Å²) in [4.78, 5) is 0. The van der Waals surface area contributed by atoms with Gasteiger partial charge in [-0.1, -0.05) is 24.3 Å². The number of aliphatic hydroxyl groups excluding tert-OH is 1. The topological polar surface area (TPSA) is 20.2 Å². The fourth-order valence-corrected chi connectivity index (χ4v) is 2.49. The van der Waals surface area contributed by atoms with E-state index in [1.54, 1.807) is 0 Å². The second-order valence-corrected chi connectivity index (χ2v) is 4.15. The maximum Gasteiger partial charge on any atom is 0.0431 e. The van der Waals surface area contributed by atoms with Crippen LogP contribution in [0.2, 0.25) is 0 Å². The Morgan fingerprint density at radius 1 is 1.29 bits per heavy atom. The summed E-state index contributed by atoms with van der Waals surface area (Å²) in [6.07, 6.45) is 5.95. The Kier molecular flexibility index (Phi) is 3.20. The minimum absolute atomic E-state index is 0.332. The first-order valence-electron chi connectivity index (χ1n) is 5.60. The van der Waals surface area contributed by atoms with E-state index in [9.17, 15) is 0 Å². The molecule has 1 aromatic carbocycles. The lowest BCUT2D eigenvalue weighted by Gasteiger charge is -2.25. The first-order chi connectivity index (χ1) is 6.92. The largest absolute Gasteiger partial charge is 0.396 e. The van der Waals surface area contributed by atoms with Crippen molar-refractivity contribution in [3.05, 3.63) is 35.4 Å². The van der Waals surface area contributed by atoms with E-state index < -0.39 is 0 Å². The first-order valence-corrected chi connectivity index (χ1v) is 5.60.